The molecule has 3 rings (SSSR count). The Morgan fingerprint density at radius 2 is 2.14 bits per heavy atom. The van der Waals surface area contributed by atoms with Crippen LogP contribution in [0, 0.1) is 0 Å². The molecule has 2 aromatic heterocycles. The Hall–Kier alpha value is -2.35. The fraction of sp³-hybridized carbons (Fsp3) is 0.357. The van der Waals surface area contributed by atoms with Crippen LogP contribution in [0.25, 0.3) is 11.0 Å². The van der Waals surface area contributed by atoms with Crippen molar-refractivity contribution in [3.05, 3.63) is 28.8 Å². The molecule has 0 saturated carbocycles. The minimum absolute atomic E-state index is 0.216. The fourth-order valence-corrected chi connectivity index (χ4v) is 2.97. The SMILES string of the molecule is CCCc1nnc(NC(=O)c2ccc3c(c2)nnn3CC)s1. The van der Waals surface area contributed by atoms with Gasteiger partial charge in [-0.25, -0.2) is 4.68 Å². The summed E-state index contributed by atoms with van der Waals surface area (Å²) < 4.78 is 1.79. The molecule has 7 nitrogen and oxygen atoms in total. The first-order valence-corrected chi connectivity index (χ1v) is 8.00. The molecule has 1 amide bonds. The highest BCUT2D eigenvalue weighted by Gasteiger charge is 2.12. The Bertz CT molecular complexity index is 809. The summed E-state index contributed by atoms with van der Waals surface area (Å²) in [5.74, 6) is -0.216. The van der Waals surface area contributed by atoms with Gasteiger partial charge in [-0.05, 0) is 31.5 Å². The highest BCUT2D eigenvalue weighted by Crippen LogP contribution is 2.19. The number of hydrogen-bond donors (Lipinski definition) is 1. The number of aromatic nitrogens is 5. The Labute approximate surface area is 131 Å². The standard InChI is InChI=1S/C14H16N6OS/c1-3-5-12-17-18-14(22-12)15-13(21)9-6-7-11-10(8-9)16-19-20(11)4-2/h6-8H,3-5H2,1-2H3,(H,15,18,21). The lowest BCUT2D eigenvalue weighted by Crippen LogP contribution is -2.11. The molecule has 1 aromatic carbocycles. The van der Waals surface area contributed by atoms with Gasteiger partial charge >= 0.3 is 0 Å². The second kappa shape index (κ2) is 6.18. The smallest absolute Gasteiger partial charge is 0.257 e. The van der Waals surface area contributed by atoms with E-state index in [1.165, 1.54) is 11.3 Å². The van der Waals surface area contributed by atoms with Crippen molar-refractivity contribution in [2.24, 2.45) is 0 Å². The molecular weight excluding hydrogens is 300 g/mol. The Morgan fingerprint density at radius 3 is 2.91 bits per heavy atom. The van der Waals surface area contributed by atoms with Gasteiger partial charge in [0.25, 0.3) is 5.91 Å². The zero-order valence-corrected chi connectivity index (χ0v) is 13.2. The Balaban J connectivity index is 1.79. The minimum Gasteiger partial charge on any atom is -0.296 e. The zero-order valence-electron chi connectivity index (χ0n) is 12.4. The van der Waals surface area contributed by atoms with Crippen LogP contribution in [0.15, 0.2) is 18.2 Å². The van der Waals surface area contributed by atoms with E-state index >= 15 is 0 Å². The first-order chi connectivity index (χ1) is 10.7. The number of carbonyl (C=O) groups is 1. The molecule has 0 aliphatic heterocycles. The van der Waals surface area contributed by atoms with E-state index in [-0.39, 0.29) is 5.91 Å². The van der Waals surface area contributed by atoms with Crippen LogP contribution in [0.5, 0.6) is 0 Å². The molecule has 3 aromatic rings. The zero-order chi connectivity index (χ0) is 15.5. The largest absolute Gasteiger partial charge is 0.296 e. The molecule has 0 aliphatic carbocycles. The van der Waals surface area contributed by atoms with Crippen LogP contribution in [0.3, 0.4) is 0 Å². The summed E-state index contributed by atoms with van der Waals surface area (Å²) in [5.41, 5.74) is 2.15. The molecule has 0 unspecified atom stereocenters. The second-order valence-electron chi connectivity index (χ2n) is 4.81. The Kier molecular flexibility index (Phi) is 4.10. The van der Waals surface area contributed by atoms with E-state index in [1.54, 1.807) is 16.8 Å². The fourth-order valence-electron chi connectivity index (χ4n) is 2.14. The van der Waals surface area contributed by atoms with Crippen LogP contribution >= 0.6 is 11.3 Å². The van der Waals surface area contributed by atoms with Gasteiger partial charge in [-0.3, -0.25) is 10.1 Å². The van der Waals surface area contributed by atoms with Crippen molar-refractivity contribution >= 4 is 33.4 Å². The molecule has 1 N–H and O–H groups in total. The lowest BCUT2D eigenvalue weighted by molar-refractivity contribution is 0.102. The molecule has 0 bridgehead atoms. The number of rotatable bonds is 5. The van der Waals surface area contributed by atoms with Crippen molar-refractivity contribution in [2.75, 3.05) is 5.32 Å². The van der Waals surface area contributed by atoms with Gasteiger partial charge < -0.3 is 0 Å². The number of aryl methyl sites for hydroxylation is 2. The average molecular weight is 316 g/mol. The van der Waals surface area contributed by atoms with E-state index in [0.717, 1.165) is 29.9 Å². The third kappa shape index (κ3) is 2.82. The predicted octanol–water partition coefficient (Wildman–Crippen LogP) is 2.51. The van der Waals surface area contributed by atoms with E-state index in [2.05, 4.69) is 32.7 Å². The maximum atomic E-state index is 12.3. The number of amides is 1. The quantitative estimate of drug-likeness (QED) is 0.781. The van der Waals surface area contributed by atoms with Crippen molar-refractivity contribution in [2.45, 2.75) is 33.2 Å². The molecule has 114 valence electrons. The molecule has 0 saturated heterocycles. The summed E-state index contributed by atoms with van der Waals surface area (Å²) in [7, 11) is 0. The molecular formula is C14H16N6OS. The lowest BCUT2D eigenvalue weighted by atomic mass is 10.2. The van der Waals surface area contributed by atoms with Crippen LogP contribution in [0.1, 0.15) is 35.6 Å². The molecule has 2 heterocycles. The highest BCUT2D eigenvalue weighted by atomic mass is 32.1. The van der Waals surface area contributed by atoms with Gasteiger partial charge in [0, 0.05) is 18.5 Å². The normalized spacial score (nSPS) is 11.0. The monoisotopic (exact) mass is 316 g/mol. The van der Waals surface area contributed by atoms with Crippen LogP contribution in [0.4, 0.5) is 5.13 Å². The van der Waals surface area contributed by atoms with Crippen molar-refractivity contribution in [1.29, 1.82) is 0 Å². The number of nitrogens with one attached hydrogen (secondary N) is 1. The van der Waals surface area contributed by atoms with E-state index in [0.29, 0.717) is 16.2 Å². The molecule has 0 spiro atoms. The lowest BCUT2D eigenvalue weighted by Gasteiger charge is -2.01. The number of fused-ring (bicyclic) bond motifs is 1. The van der Waals surface area contributed by atoms with E-state index in [1.807, 2.05) is 13.0 Å². The van der Waals surface area contributed by atoms with Gasteiger partial charge in [-0.2, -0.15) is 0 Å². The third-order valence-corrected chi connectivity index (χ3v) is 4.13. The highest BCUT2D eigenvalue weighted by molar-refractivity contribution is 7.15. The van der Waals surface area contributed by atoms with Crippen molar-refractivity contribution < 1.29 is 4.79 Å². The van der Waals surface area contributed by atoms with Gasteiger partial charge in [0.05, 0.1) is 5.52 Å². The number of benzene rings is 1. The summed E-state index contributed by atoms with van der Waals surface area (Å²) in [4.78, 5) is 12.3. The molecule has 0 atom stereocenters. The maximum Gasteiger partial charge on any atom is 0.257 e. The number of carbonyl (C=O) groups excluding carboxylic acids is 1. The van der Waals surface area contributed by atoms with Crippen LogP contribution < -0.4 is 5.32 Å². The predicted molar refractivity (Wildman–Crippen MR) is 85.1 cm³/mol. The van der Waals surface area contributed by atoms with Gasteiger partial charge in [0.1, 0.15) is 10.5 Å². The molecule has 22 heavy (non-hydrogen) atoms. The molecule has 0 aliphatic rings. The topological polar surface area (TPSA) is 85.6 Å². The summed E-state index contributed by atoms with van der Waals surface area (Å²) >= 11 is 1.41. The van der Waals surface area contributed by atoms with Crippen LogP contribution in [-0.4, -0.2) is 31.1 Å². The molecule has 0 fully saturated rings. The van der Waals surface area contributed by atoms with Crippen LogP contribution in [-0.2, 0) is 13.0 Å². The summed E-state index contributed by atoms with van der Waals surface area (Å²) in [6, 6.07) is 5.36. The number of hydrogen-bond acceptors (Lipinski definition) is 6. The average Bonchev–Trinajstić information content (AvgIpc) is 3.13. The van der Waals surface area contributed by atoms with E-state index < -0.39 is 0 Å². The summed E-state index contributed by atoms with van der Waals surface area (Å²) in [5, 5.41) is 20.4. The summed E-state index contributed by atoms with van der Waals surface area (Å²) in [6.45, 7) is 4.82. The first kappa shape index (κ1) is 14.6. The van der Waals surface area contributed by atoms with Crippen molar-refractivity contribution in [3.8, 4) is 0 Å². The second-order valence-corrected chi connectivity index (χ2v) is 5.88. The van der Waals surface area contributed by atoms with Crippen molar-refractivity contribution in [1.82, 2.24) is 25.2 Å². The van der Waals surface area contributed by atoms with Crippen molar-refractivity contribution in [3.63, 3.8) is 0 Å². The first-order valence-electron chi connectivity index (χ1n) is 7.18. The number of anilines is 1. The van der Waals surface area contributed by atoms with E-state index in [4.69, 9.17) is 0 Å². The summed E-state index contributed by atoms with van der Waals surface area (Å²) in [6.07, 6.45) is 1.88. The van der Waals surface area contributed by atoms with Gasteiger partial charge in [0.2, 0.25) is 5.13 Å². The van der Waals surface area contributed by atoms with Gasteiger partial charge in [-0.15, -0.1) is 15.3 Å². The Morgan fingerprint density at radius 1 is 1.27 bits per heavy atom. The maximum absolute atomic E-state index is 12.3. The molecule has 0 radical (unpaired) electrons. The van der Waals surface area contributed by atoms with Gasteiger partial charge in [0.15, 0.2) is 0 Å². The van der Waals surface area contributed by atoms with Crippen LogP contribution in [0.2, 0.25) is 0 Å². The third-order valence-electron chi connectivity index (χ3n) is 3.23. The van der Waals surface area contributed by atoms with E-state index in [9.17, 15) is 4.79 Å². The minimum atomic E-state index is -0.216. The molecule has 8 heteroatoms. The van der Waals surface area contributed by atoms with Gasteiger partial charge in [-0.1, -0.05) is 23.5 Å². The number of nitrogens with zero attached hydrogens (tertiary/aromatic N) is 5.